The Morgan fingerprint density at radius 1 is 1.09 bits per heavy atom. The van der Waals surface area contributed by atoms with Gasteiger partial charge in [0.15, 0.2) is 4.34 Å². The lowest BCUT2D eigenvalue weighted by atomic mass is 10.2. The Morgan fingerprint density at radius 2 is 1.83 bits per heavy atom. The van der Waals surface area contributed by atoms with E-state index in [1.54, 1.807) is 24.3 Å². The summed E-state index contributed by atoms with van der Waals surface area (Å²) >= 11 is 8.22. The number of hydrogen-bond acceptors (Lipinski definition) is 9. The van der Waals surface area contributed by atoms with E-state index in [0.717, 1.165) is 11.3 Å². The number of morpholine rings is 1. The number of ether oxygens (including phenoxy) is 1. The van der Waals surface area contributed by atoms with Crippen molar-refractivity contribution in [2.45, 2.75) is 9.24 Å². The number of benzene rings is 2. The molecule has 1 aromatic heterocycles. The first-order valence-electron chi connectivity index (χ1n) is 10.3. The average Bonchev–Trinajstić information content (AvgIpc) is 3.30. The molecule has 2 N–H and O–H groups in total. The molecule has 0 radical (unpaired) electrons. The first-order valence-corrected chi connectivity index (χ1v) is 13.9. The second kappa shape index (κ2) is 11.5. The molecule has 0 atom stereocenters. The van der Waals surface area contributed by atoms with Crippen LogP contribution in [0.2, 0.25) is 5.02 Å². The van der Waals surface area contributed by atoms with Gasteiger partial charge in [-0.05, 0) is 42.5 Å². The highest BCUT2D eigenvalue weighted by Crippen LogP contribution is 2.26. The molecule has 0 spiro atoms. The average molecular weight is 554 g/mol. The Labute approximate surface area is 215 Å². The van der Waals surface area contributed by atoms with E-state index in [2.05, 4.69) is 20.8 Å². The van der Waals surface area contributed by atoms with Crippen LogP contribution in [0.4, 0.5) is 10.8 Å². The van der Waals surface area contributed by atoms with Crippen LogP contribution in [-0.4, -0.2) is 66.8 Å². The van der Waals surface area contributed by atoms with Gasteiger partial charge in [0, 0.05) is 29.4 Å². The lowest BCUT2D eigenvalue weighted by molar-refractivity contribution is -0.113. The fraction of sp³-hybridized carbons (Fsp3) is 0.238. The number of carbonyl (C=O) groups excluding carboxylic acids is 2. The molecule has 2 aromatic carbocycles. The van der Waals surface area contributed by atoms with Gasteiger partial charge in [-0.2, -0.15) is 4.31 Å². The molecule has 0 saturated carbocycles. The maximum atomic E-state index is 12.7. The van der Waals surface area contributed by atoms with Crippen LogP contribution >= 0.6 is 34.7 Å². The first kappa shape index (κ1) is 25.5. The fourth-order valence-electron chi connectivity index (χ4n) is 3.09. The van der Waals surface area contributed by atoms with Crippen LogP contribution in [0, 0.1) is 0 Å². The summed E-state index contributed by atoms with van der Waals surface area (Å²) in [6, 6.07) is 12.5. The van der Waals surface area contributed by atoms with Crippen LogP contribution in [0.15, 0.2) is 57.8 Å². The van der Waals surface area contributed by atoms with E-state index in [9.17, 15) is 18.0 Å². The predicted octanol–water partition coefficient (Wildman–Crippen LogP) is 3.20. The molecule has 0 aliphatic carbocycles. The summed E-state index contributed by atoms with van der Waals surface area (Å²) in [5.41, 5.74) is 0.869. The molecule has 0 bridgehead atoms. The Kier molecular flexibility index (Phi) is 8.36. The summed E-state index contributed by atoms with van der Waals surface area (Å²) in [4.78, 5) is 24.8. The van der Waals surface area contributed by atoms with Crippen molar-refractivity contribution >= 4 is 67.4 Å². The standard InChI is InChI=1S/C21H20ClN5O5S3/c22-15-2-1-3-16(12-15)23-18(28)13-33-21-26-25-20(34-21)24-19(29)14-4-6-17(7-5-14)35(30,31)27-8-10-32-11-9-27/h1-7,12H,8-11,13H2,(H,23,28)(H,24,25,29). The summed E-state index contributed by atoms with van der Waals surface area (Å²) in [6.45, 7) is 1.30. The lowest BCUT2D eigenvalue weighted by Gasteiger charge is -2.26. The van der Waals surface area contributed by atoms with E-state index in [1.165, 1.54) is 40.3 Å². The largest absolute Gasteiger partial charge is 0.379 e. The number of thioether (sulfide) groups is 1. The van der Waals surface area contributed by atoms with E-state index < -0.39 is 15.9 Å². The van der Waals surface area contributed by atoms with Crippen molar-refractivity contribution in [3.8, 4) is 0 Å². The number of anilines is 2. The first-order chi connectivity index (χ1) is 16.8. The Morgan fingerprint density at radius 3 is 2.54 bits per heavy atom. The zero-order valence-electron chi connectivity index (χ0n) is 18.1. The number of aromatic nitrogens is 2. The molecule has 10 nitrogen and oxygen atoms in total. The highest BCUT2D eigenvalue weighted by Gasteiger charge is 2.26. The molecule has 0 unspecified atom stereocenters. The summed E-state index contributed by atoms with van der Waals surface area (Å²) < 4.78 is 32.5. The van der Waals surface area contributed by atoms with Gasteiger partial charge in [-0.15, -0.1) is 10.2 Å². The maximum absolute atomic E-state index is 12.7. The van der Waals surface area contributed by atoms with Crippen molar-refractivity contribution in [2.75, 3.05) is 42.7 Å². The quantitative estimate of drug-likeness (QED) is 0.321. The third-order valence-electron chi connectivity index (χ3n) is 4.79. The molecule has 2 amide bonds. The second-order valence-electron chi connectivity index (χ2n) is 7.22. The Balaban J connectivity index is 1.30. The molecule has 184 valence electrons. The minimum absolute atomic E-state index is 0.105. The van der Waals surface area contributed by atoms with Crippen molar-refractivity contribution in [3.05, 3.63) is 59.1 Å². The molecule has 1 aliphatic rings. The van der Waals surface area contributed by atoms with Crippen LogP contribution in [-0.2, 0) is 19.6 Å². The lowest BCUT2D eigenvalue weighted by Crippen LogP contribution is -2.40. The van der Waals surface area contributed by atoms with Gasteiger partial charge in [0.05, 0.1) is 23.9 Å². The van der Waals surface area contributed by atoms with E-state index in [1.807, 2.05) is 0 Å². The van der Waals surface area contributed by atoms with Gasteiger partial charge >= 0.3 is 0 Å². The van der Waals surface area contributed by atoms with Gasteiger partial charge < -0.3 is 10.1 Å². The molecular weight excluding hydrogens is 534 g/mol. The highest BCUT2D eigenvalue weighted by molar-refractivity contribution is 8.01. The minimum Gasteiger partial charge on any atom is -0.379 e. The van der Waals surface area contributed by atoms with Crippen molar-refractivity contribution in [3.63, 3.8) is 0 Å². The van der Waals surface area contributed by atoms with Gasteiger partial charge in [-0.25, -0.2) is 8.42 Å². The maximum Gasteiger partial charge on any atom is 0.257 e. The second-order valence-corrected chi connectivity index (χ2v) is 11.8. The summed E-state index contributed by atoms with van der Waals surface area (Å²) in [7, 11) is -3.64. The minimum atomic E-state index is -3.64. The zero-order chi connectivity index (χ0) is 24.8. The summed E-state index contributed by atoms with van der Waals surface area (Å²) in [6.07, 6.45) is 0. The van der Waals surface area contributed by atoms with E-state index in [0.29, 0.717) is 41.4 Å². The van der Waals surface area contributed by atoms with Crippen molar-refractivity contribution in [1.82, 2.24) is 14.5 Å². The number of nitrogens with one attached hydrogen (secondary N) is 2. The fourth-order valence-corrected chi connectivity index (χ4v) is 6.24. The van der Waals surface area contributed by atoms with Crippen molar-refractivity contribution in [2.24, 2.45) is 0 Å². The van der Waals surface area contributed by atoms with Gasteiger partial charge in [0.25, 0.3) is 5.91 Å². The molecule has 14 heteroatoms. The molecule has 1 saturated heterocycles. The summed E-state index contributed by atoms with van der Waals surface area (Å²) in [5, 5.41) is 14.1. The molecule has 4 rings (SSSR count). The van der Waals surface area contributed by atoms with Crippen molar-refractivity contribution < 1.29 is 22.7 Å². The van der Waals surface area contributed by atoms with Crippen LogP contribution in [0.3, 0.4) is 0 Å². The number of nitrogens with zero attached hydrogens (tertiary/aromatic N) is 3. The number of carbonyl (C=O) groups is 2. The molecule has 35 heavy (non-hydrogen) atoms. The number of rotatable bonds is 8. The third-order valence-corrected chi connectivity index (χ3v) is 8.91. The van der Waals surface area contributed by atoms with E-state index >= 15 is 0 Å². The van der Waals surface area contributed by atoms with Gasteiger partial charge in [0.1, 0.15) is 0 Å². The number of halogens is 1. The number of hydrogen-bond donors (Lipinski definition) is 2. The van der Waals surface area contributed by atoms with Gasteiger partial charge in [0.2, 0.25) is 21.1 Å². The Hall–Kier alpha value is -2.55. The summed E-state index contributed by atoms with van der Waals surface area (Å²) in [5.74, 6) is -0.578. The molecule has 3 aromatic rings. The smallest absolute Gasteiger partial charge is 0.257 e. The van der Waals surface area contributed by atoms with Crippen LogP contribution in [0.25, 0.3) is 0 Å². The van der Waals surface area contributed by atoms with Gasteiger partial charge in [-0.1, -0.05) is 40.8 Å². The van der Waals surface area contributed by atoms with Gasteiger partial charge in [-0.3, -0.25) is 14.9 Å². The van der Waals surface area contributed by atoms with E-state index in [-0.39, 0.29) is 27.3 Å². The van der Waals surface area contributed by atoms with Crippen LogP contribution < -0.4 is 10.6 Å². The zero-order valence-corrected chi connectivity index (χ0v) is 21.3. The van der Waals surface area contributed by atoms with Crippen molar-refractivity contribution in [1.29, 1.82) is 0 Å². The molecule has 2 heterocycles. The van der Waals surface area contributed by atoms with Crippen LogP contribution in [0.1, 0.15) is 10.4 Å². The third kappa shape index (κ3) is 6.78. The molecule has 1 fully saturated rings. The normalized spacial score (nSPS) is 14.4. The number of amides is 2. The molecular formula is C21H20ClN5O5S3. The van der Waals surface area contributed by atoms with E-state index in [4.69, 9.17) is 16.3 Å². The highest BCUT2D eigenvalue weighted by atomic mass is 35.5. The number of sulfonamides is 1. The predicted molar refractivity (Wildman–Crippen MR) is 135 cm³/mol. The monoisotopic (exact) mass is 553 g/mol. The topological polar surface area (TPSA) is 131 Å². The molecule has 1 aliphatic heterocycles. The Bertz CT molecular complexity index is 1310. The SMILES string of the molecule is O=C(CSc1nnc(NC(=O)c2ccc(S(=O)(=O)N3CCOCC3)cc2)s1)Nc1cccc(Cl)c1. The van der Waals surface area contributed by atoms with Crippen LogP contribution in [0.5, 0.6) is 0 Å².